The van der Waals surface area contributed by atoms with Crippen molar-refractivity contribution in [3.8, 4) is 11.5 Å². The number of nitrogens with zero attached hydrogens (tertiary/aromatic N) is 1. The summed E-state index contributed by atoms with van der Waals surface area (Å²) in [6.45, 7) is 3.49. The molecule has 1 heterocycles. The number of rotatable bonds is 4. The van der Waals surface area contributed by atoms with Gasteiger partial charge >= 0.3 is 11.9 Å². The third-order valence-corrected chi connectivity index (χ3v) is 4.00. The van der Waals surface area contributed by atoms with Gasteiger partial charge in [0.1, 0.15) is 11.5 Å². The van der Waals surface area contributed by atoms with E-state index in [1.54, 1.807) is 31.2 Å². The average Bonchev–Trinajstić information content (AvgIpc) is 2.67. The fourth-order valence-corrected chi connectivity index (χ4v) is 2.71. The van der Waals surface area contributed by atoms with Crippen LogP contribution in [0.2, 0.25) is 0 Å². The van der Waals surface area contributed by atoms with Gasteiger partial charge in [-0.3, -0.25) is 4.79 Å². The van der Waals surface area contributed by atoms with Crippen molar-refractivity contribution in [1.82, 2.24) is 0 Å². The largest absolute Gasteiger partial charge is 0.475 e. The van der Waals surface area contributed by atoms with Gasteiger partial charge in [0.15, 0.2) is 0 Å². The van der Waals surface area contributed by atoms with Crippen LogP contribution in [-0.2, 0) is 14.3 Å². The number of benzene rings is 2. The summed E-state index contributed by atoms with van der Waals surface area (Å²) in [4.78, 5) is 37.5. The lowest BCUT2D eigenvalue weighted by atomic mass is 10.2. The Morgan fingerprint density at radius 2 is 1.81 bits per heavy atom. The number of anilines is 1. The molecule has 0 aliphatic carbocycles. The summed E-state index contributed by atoms with van der Waals surface area (Å²) < 4.78 is 15.9. The zero-order valence-corrected chi connectivity index (χ0v) is 15.0. The lowest BCUT2D eigenvalue weighted by molar-refractivity contribution is -0.142. The van der Waals surface area contributed by atoms with Gasteiger partial charge in [-0.25, -0.2) is 9.59 Å². The highest BCUT2D eigenvalue weighted by atomic mass is 16.6. The molecule has 7 nitrogen and oxygen atoms in total. The summed E-state index contributed by atoms with van der Waals surface area (Å²) in [5.41, 5.74) is 0.982. The molecule has 1 amide bonds. The Kier molecular flexibility index (Phi) is 5.40. The Morgan fingerprint density at radius 1 is 1.11 bits per heavy atom. The van der Waals surface area contributed by atoms with Crippen molar-refractivity contribution in [3.63, 3.8) is 0 Å². The molecular formula is C20H19NO6. The summed E-state index contributed by atoms with van der Waals surface area (Å²) in [5, 5.41) is 0. The molecule has 0 bridgehead atoms. The maximum atomic E-state index is 12.5. The van der Waals surface area contributed by atoms with Gasteiger partial charge in [0.05, 0.1) is 24.4 Å². The number of ether oxygens (including phenoxy) is 3. The van der Waals surface area contributed by atoms with Gasteiger partial charge in [-0.15, -0.1) is 0 Å². The lowest BCUT2D eigenvalue weighted by Crippen LogP contribution is -2.47. The zero-order valence-electron chi connectivity index (χ0n) is 15.0. The highest BCUT2D eigenvalue weighted by Gasteiger charge is 2.33. The second-order valence-corrected chi connectivity index (χ2v) is 5.87. The molecule has 0 aromatic heterocycles. The molecule has 1 atom stereocenters. The number of hydrogen-bond donors (Lipinski definition) is 0. The Hall–Kier alpha value is -3.35. The monoisotopic (exact) mass is 369 g/mol. The van der Waals surface area contributed by atoms with Crippen LogP contribution < -0.4 is 14.4 Å². The van der Waals surface area contributed by atoms with Crippen LogP contribution in [0.25, 0.3) is 0 Å². The lowest BCUT2D eigenvalue weighted by Gasteiger charge is -2.33. The van der Waals surface area contributed by atoms with Crippen LogP contribution in [0.4, 0.5) is 5.69 Å². The van der Waals surface area contributed by atoms with E-state index in [1.807, 2.05) is 0 Å². The molecule has 0 spiro atoms. The Labute approximate surface area is 156 Å². The molecule has 0 saturated carbocycles. The molecule has 140 valence electrons. The Morgan fingerprint density at radius 3 is 2.48 bits per heavy atom. The molecule has 3 rings (SSSR count). The van der Waals surface area contributed by atoms with Crippen LogP contribution in [0.1, 0.15) is 24.2 Å². The van der Waals surface area contributed by atoms with Crippen molar-refractivity contribution in [1.29, 1.82) is 0 Å². The van der Waals surface area contributed by atoms with Crippen LogP contribution in [0.15, 0.2) is 48.5 Å². The molecule has 2 aromatic carbocycles. The molecule has 27 heavy (non-hydrogen) atoms. The van der Waals surface area contributed by atoms with E-state index >= 15 is 0 Å². The van der Waals surface area contributed by atoms with E-state index < -0.39 is 18.0 Å². The molecule has 7 heteroatoms. The van der Waals surface area contributed by atoms with Gasteiger partial charge in [0.2, 0.25) is 12.0 Å². The number of esters is 2. The third kappa shape index (κ3) is 4.08. The van der Waals surface area contributed by atoms with Crippen molar-refractivity contribution >= 4 is 23.5 Å². The van der Waals surface area contributed by atoms with Gasteiger partial charge in [-0.05, 0) is 43.3 Å². The molecule has 0 N–H and O–H groups in total. The van der Waals surface area contributed by atoms with Crippen LogP contribution in [0.5, 0.6) is 11.5 Å². The molecule has 0 radical (unpaired) electrons. The standard InChI is InChI=1S/C20H19NO6/c1-3-25-19(23)14-8-10-15(11-9-14)26-20(24)18-12-21(13(2)22)16-6-4-5-7-17(16)27-18/h4-11,18H,3,12H2,1-2H3/t18-/m1/s1. The highest BCUT2D eigenvalue weighted by Crippen LogP contribution is 2.33. The number of hydrogen-bond acceptors (Lipinski definition) is 6. The van der Waals surface area contributed by atoms with Crippen molar-refractivity contribution < 1.29 is 28.6 Å². The second kappa shape index (κ2) is 7.90. The molecule has 0 fully saturated rings. The van der Waals surface area contributed by atoms with Crippen LogP contribution >= 0.6 is 0 Å². The topological polar surface area (TPSA) is 82.1 Å². The van der Waals surface area contributed by atoms with Crippen molar-refractivity contribution in [3.05, 3.63) is 54.1 Å². The molecule has 2 aromatic rings. The van der Waals surface area contributed by atoms with E-state index in [-0.39, 0.29) is 24.8 Å². The zero-order chi connectivity index (χ0) is 19.4. The summed E-state index contributed by atoms with van der Waals surface area (Å²) in [6.07, 6.45) is -0.950. The quantitative estimate of drug-likeness (QED) is 0.609. The predicted molar refractivity (Wildman–Crippen MR) is 96.9 cm³/mol. The summed E-state index contributed by atoms with van der Waals surface area (Å²) in [7, 11) is 0. The number of carbonyl (C=O) groups excluding carboxylic acids is 3. The first-order valence-corrected chi connectivity index (χ1v) is 8.52. The smallest absolute Gasteiger partial charge is 0.354 e. The summed E-state index contributed by atoms with van der Waals surface area (Å²) in [6, 6.07) is 13.0. The van der Waals surface area contributed by atoms with Crippen LogP contribution in [0, 0.1) is 0 Å². The van der Waals surface area contributed by atoms with E-state index in [4.69, 9.17) is 14.2 Å². The maximum Gasteiger partial charge on any atom is 0.354 e. The van der Waals surface area contributed by atoms with Crippen molar-refractivity contribution in [2.75, 3.05) is 18.1 Å². The molecular weight excluding hydrogens is 350 g/mol. The number of carbonyl (C=O) groups is 3. The normalized spacial score (nSPS) is 15.3. The molecule has 0 saturated heterocycles. The first kappa shape index (κ1) is 18.4. The average molecular weight is 369 g/mol. The third-order valence-electron chi connectivity index (χ3n) is 4.00. The van der Waals surface area contributed by atoms with Crippen molar-refractivity contribution in [2.45, 2.75) is 20.0 Å². The second-order valence-electron chi connectivity index (χ2n) is 5.87. The van der Waals surface area contributed by atoms with E-state index in [9.17, 15) is 14.4 Å². The molecule has 1 aliphatic rings. The van der Waals surface area contributed by atoms with Gasteiger partial charge in [0, 0.05) is 6.92 Å². The minimum absolute atomic E-state index is 0.0616. The van der Waals surface area contributed by atoms with Crippen LogP contribution in [-0.4, -0.2) is 37.1 Å². The summed E-state index contributed by atoms with van der Waals surface area (Å²) >= 11 is 0. The fourth-order valence-electron chi connectivity index (χ4n) is 2.71. The van der Waals surface area contributed by atoms with Gasteiger partial charge < -0.3 is 19.1 Å². The minimum atomic E-state index is -0.950. The number of amides is 1. The van der Waals surface area contributed by atoms with E-state index in [0.29, 0.717) is 17.0 Å². The van der Waals surface area contributed by atoms with Crippen molar-refractivity contribution in [2.24, 2.45) is 0 Å². The van der Waals surface area contributed by atoms with Gasteiger partial charge in [0.25, 0.3) is 0 Å². The number of fused-ring (bicyclic) bond motifs is 1. The molecule has 0 unspecified atom stereocenters. The minimum Gasteiger partial charge on any atom is -0.475 e. The van der Waals surface area contributed by atoms with E-state index in [1.165, 1.54) is 36.1 Å². The number of para-hydroxylation sites is 2. The van der Waals surface area contributed by atoms with E-state index in [2.05, 4.69) is 0 Å². The van der Waals surface area contributed by atoms with Gasteiger partial charge in [-0.1, -0.05) is 12.1 Å². The Bertz CT molecular complexity index is 861. The SMILES string of the molecule is CCOC(=O)c1ccc(OC(=O)[C@H]2CN(C(C)=O)c3ccccc3O2)cc1. The first-order valence-electron chi connectivity index (χ1n) is 8.52. The maximum absolute atomic E-state index is 12.5. The van der Waals surface area contributed by atoms with Gasteiger partial charge in [-0.2, -0.15) is 0 Å². The highest BCUT2D eigenvalue weighted by molar-refractivity contribution is 5.95. The molecule has 1 aliphatic heterocycles. The fraction of sp³-hybridized carbons (Fsp3) is 0.250. The van der Waals surface area contributed by atoms with E-state index in [0.717, 1.165) is 0 Å². The predicted octanol–water partition coefficient (Wildman–Crippen LogP) is 2.58. The summed E-state index contributed by atoms with van der Waals surface area (Å²) in [5.74, 6) is -0.551. The first-order chi connectivity index (χ1) is 13.0. The van der Waals surface area contributed by atoms with Crippen LogP contribution in [0.3, 0.4) is 0 Å². The Balaban J connectivity index is 1.71.